The highest BCUT2D eigenvalue weighted by molar-refractivity contribution is 6.11. The van der Waals surface area contributed by atoms with Gasteiger partial charge in [0, 0.05) is 43.8 Å². The molecule has 8 aromatic carbocycles. The summed E-state index contributed by atoms with van der Waals surface area (Å²) in [5.41, 5.74) is 13.6. The van der Waals surface area contributed by atoms with E-state index in [0.29, 0.717) is 34.2 Å². The summed E-state index contributed by atoms with van der Waals surface area (Å²) < 4.78 is 4.52. The molecule has 0 aliphatic carbocycles. The minimum absolute atomic E-state index is 0.0198. The average Bonchev–Trinajstić information content (AvgIpc) is 3.87. The van der Waals surface area contributed by atoms with E-state index in [-0.39, 0.29) is 10.8 Å². The van der Waals surface area contributed by atoms with Crippen molar-refractivity contribution in [2.45, 2.75) is 52.4 Å². The van der Waals surface area contributed by atoms with E-state index in [1.165, 1.54) is 21.9 Å². The molecule has 7 nitrogen and oxygen atoms in total. The second-order valence-electron chi connectivity index (χ2n) is 19.6. The smallest absolute Gasteiger partial charge is 0.164 e. The van der Waals surface area contributed by atoms with E-state index in [4.69, 9.17) is 15.0 Å². The monoisotopic (exact) mass is 877 g/mol. The number of hydrogen-bond donors (Lipinski definition) is 0. The predicted octanol–water partition coefficient (Wildman–Crippen LogP) is 15.1. The molecular formula is C61H47N7. The quantitative estimate of drug-likeness (QED) is 0.166. The van der Waals surface area contributed by atoms with Crippen molar-refractivity contribution in [3.05, 3.63) is 198 Å². The molecule has 11 rings (SSSR count). The van der Waals surface area contributed by atoms with Gasteiger partial charge in [-0.3, -0.25) is 0 Å². The summed E-state index contributed by atoms with van der Waals surface area (Å²) >= 11 is 0. The lowest BCUT2D eigenvalue weighted by molar-refractivity contribution is 0.591. The molecule has 3 heterocycles. The average molecular weight is 878 g/mol. The molecule has 0 amide bonds. The van der Waals surface area contributed by atoms with Gasteiger partial charge in [-0.15, -0.1) is 0 Å². The molecule has 0 saturated heterocycles. The molecular weight excluding hydrogens is 831 g/mol. The van der Waals surface area contributed by atoms with Gasteiger partial charge in [-0.2, -0.15) is 10.5 Å². The number of nitriles is 2. The molecule has 11 aromatic rings. The van der Waals surface area contributed by atoms with Crippen molar-refractivity contribution in [2.75, 3.05) is 0 Å². The van der Waals surface area contributed by atoms with E-state index in [2.05, 4.69) is 166 Å². The molecule has 0 fully saturated rings. The fourth-order valence-corrected chi connectivity index (χ4v) is 9.57. The van der Waals surface area contributed by atoms with Crippen LogP contribution >= 0.6 is 0 Å². The van der Waals surface area contributed by atoms with Crippen molar-refractivity contribution in [1.82, 2.24) is 24.1 Å². The van der Waals surface area contributed by atoms with Crippen molar-refractivity contribution < 1.29 is 0 Å². The number of aromatic nitrogens is 5. The highest BCUT2D eigenvalue weighted by Crippen LogP contribution is 2.41. The molecule has 0 spiro atoms. The number of fused-ring (bicyclic) bond motifs is 6. The van der Waals surface area contributed by atoms with Crippen LogP contribution in [0.1, 0.15) is 63.8 Å². The highest BCUT2D eigenvalue weighted by Gasteiger charge is 2.23. The first-order valence-electron chi connectivity index (χ1n) is 23.0. The molecule has 0 radical (unpaired) electrons. The lowest BCUT2D eigenvalue weighted by Crippen LogP contribution is -2.10. The summed E-state index contributed by atoms with van der Waals surface area (Å²) in [7, 11) is 0. The van der Waals surface area contributed by atoms with E-state index >= 15 is 0 Å². The Morgan fingerprint density at radius 3 is 1.43 bits per heavy atom. The maximum atomic E-state index is 10.9. The Morgan fingerprint density at radius 2 is 0.868 bits per heavy atom. The van der Waals surface area contributed by atoms with Gasteiger partial charge < -0.3 is 9.13 Å². The number of benzene rings is 8. The van der Waals surface area contributed by atoms with Crippen LogP contribution in [0.5, 0.6) is 0 Å². The van der Waals surface area contributed by atoms with Gasteiger partial charge in [0.1, 0.15) is 6.07 Å². The third kappa shape index (κ3) is 7.17. The zero-order chi connectivity index (χ0) is 46.9. The molecule has 0 aliphatic rings. The Kier molecular flexibility index (Phi) is 9.92. The minimum Gasteiger partial charge on any atom is -0.309 e. The number of nitrogens with zero attached hydrogens (tertiary/aromatic N) is 7. The maximum absolute atomic E-state index is 10.9. The summed E-state index contributed by atoms with van der Waals surface area (Å²) in [6.45, 7) is 13.4. The molecule has 0 unspecified atom stereocenters. The van der Waals surface area contributed by atoms with Gasteiger partial charge in [0.05, 0.1) is 50.6 Å². The maximum Gasteiger partial charge on any atom is 0.164 e. The largest absolute Gasteiger partial charge is 0.309 e. The zero-order valence-electron chi connectivity index (χ0n) is 38.9. The van der Waals surface area contributed by atoms with Crippen molar-refractivity contribution in [2.24, 2.45) is 0 Å². The molecule has 0 N–H and O–H groups in total. The van der Waals surface area contributed by atoms with Crippen LogP contribution in [0.2, 0.25) is 0 Å². The van der Waals surface area contributed by atoms with Crippen LogP contribution in [-0.2, 0) is 10.8 Å². The summed E-state index contributed by atoms with van der Waals surface area (Å²) in [6, 6.07) is 65.2. The van der Waals surface area contributed by atoms with Crippen LogP contribution in [-0.4, -0.2) is 24.1 Å². The van der Waals surface area contributed by atoms with Crippen molar-refractivity contribution in [3.8, 4) is 68.8 Å². The van der Waals surface area contributed by atoms with E-state index in [9.17, 15) is 10.5 Å². The van der Waals surface area contributed by atoms with Crippen molar-refractivity contribution in [3.63, 3.8) is 0 Å². The van der Waals surface area contributed by atoms with Crippen LogP contribution in [0.25, 0.3) is 100 Å². The first kappa shape index (κ1) is 42.0. The molecule has 0 aliphatic heterocycles. The summed E-state index contributed by atoms with van der Waals surface area (Å²) in [5.74, 6) is 1.44. The highest BCUT2D eigenvalue weighted by atomic mass is 15.0. The van der Waals surface area contributed by atoms with E-state index in [1.807, 2.05) is 72.8 Å². The SMILES string of the molecule is CC(C)(C)c1ccc2c(c1)c1ccccc1n2-c1ccc(-c2nc(-c3ccccc3)nc(-c3ccc(-n4c5ccccc5c5cc(C(C)(C)C)ccc54)c(-c4cccc(C#N)c4)c3)n2)cc1C#N. The molecule has 0 atom stereocenters. The summed E-state index contributed by atoms with van der Waals surface area (Å²) in [6.07, 6.45) is 0. The predicted molar refractivity (Wildman–Crippen MR) is 277 cm³/mol. The number of hydrogen-bond acceptors (Lipinski definition) is 5. The summed E-state index contributed by atoms with van der Waals surface area (Å²) in [5, 5.41) is 25.6. The van der Waals surface area contributed by atoms with Gasteiger partial charge in [-0.1, -0.05) is 133 Å². The Bertz CT molecular complexity index is 3900. The topological polar surface area (TPSA) is 96.1 Å². The normalized spacial score (nSPS) is 11.9. The van der Waals surface area contributed by atoms with Crippen LogP contribution in [0.15, 0.2) is 176 Å². The first-order valence-corrected chi connectivity index (χ1v) is 23.0. The van der Waals surface area contributed by atoms with E-state index in [0.717, 1.165) is 66.5 Å². The van der Waals surface area contributed by atoms with Crippen LogP contribution in [0.4, 0.5) is 0 Å². The third-order valence-electron chi connectivity index (χ3n) is 13.2. The third-order valence-corrected chi connectivity index (χ3v) is 13.2. The van der Waals surface area contributed by atoms with Gasteiger partial charge in [0.2, 0.25) is 0 Å². The minimum atomic E-state index is -0.0226. The van der Waals surface area contributed by atoms with Crippen molar-refractivity contribution >= 4 is 43.6 Å². The van der Waals surface area contributed by atoms with Gasteiger partial charge >= 0.3 is 0 Å². The van der Waals surface area contributed by atoms with Crippen LogP contribution in [0.3, 0.4) is 0 Å². The molecule has 68 heavy (non-hydrogen) atoms. The Balaban J connectivity index is 1.10. The van der Waals surface area contributed by atoms with Crippen molar-refractivity contribution in [1.29, 1.82) is 10.5 Å². The second-order valence-corrected chi connectivity index (χ2v) is 19.6. The number of para-hydroxylation sites is 2. The Morgan fingerprint density at radius 1 is 0.382 bits per heavy atom. The summed E-state index contributed by atoms with van der Waals surface area (Å²) in [4.78, 5) is 15.4. The fourth-order valence-electron chi connectivity index (χ4n) is 9.57. The molecule has 7 heteroatoms. The van der Waals surface area contributed by atoms with Gasteiger partial charge in [-0.25, -0.2) is 15.0 Å². The lowest BCUT2D eigenvalue weighted by Gasteiger charge is -2.19. The fraction of sp³-hybridized carbons (Fsp3) is 0.131. The van der Waals surface area contributed by atoms with Gasteiger partial charge in [0.15, 0.2) is 17.5 Å². The molecule has 0 bridgehead atoms. The van der Waals surface area contributed by atoms with Crippen LogP contribution in [0, 0.1) is 22.7 Å². The van der Waals surface area contributed by atoms with E-state index in [1.54, 1.807) is 0 Å². The van der Waals surface area contributed by atoms with Gasteiger partial charge in [0.25, 0.3) is 0 Å². The van der Waals surface area contributed by atoms with Crippen LogP contribution < -0.4 is 0 Å². The lowest BCUT2D eigenvalue weighted by atomic mass is 9.86. The molecule has 3 aromatic heterocycles. The number of rotatable bonds is 6. The van der Waals surface area contributed by atoms with E-state index < -0.39 is 0 Å². The Hall–Kier alpha value is -8.65. The Labute approximate surface area is 395 Å². The second kappa shape index (κ2) is 16.0. The first-order chi connectivity index (χ1) is 32.9. The molecule has 326 valence electrons. The zero-order valence-corrected chi connectivity index (χ0v) is 38.9. The molecule has 0 saturated carbocycles. The van der Waals surface area contributed by atoms with Gasteiger partial charge in [-0.05, 0) is 112 Å². The standard InChI is InChI=1S/C61H47N7/c1-60(2,3)44-25-29-55-49(34-44)46-19-10-12-21-52(46)67(55)51-27-23-41(32-43(51)37-63)58-64-57(39-16-8-7-9-17-39)65-59(66-58)42-24-28-54(48(33-42)40-18-14-15-38(31-40)36-62)68-53-22-13-11-20-47(53)50-35-45(61(4,5)6)26-30-56(50)68/h7-35H,1-6H3.